The van der Waals surface area contributed by atoms with Gasteiger partial charge in [0.15, 0.2) is 5.78 Å². The third kappa shape index (κ3) is 4.20. The third-order valence-corrected chi connectivity index (χ3v) is 6.99. The average molecular weight is 414 g/mol. The Morgan fingerprint density at radius 1 is 1.14 bits per heavy atom. The number of hydrogen-bond donors (Lipinski definition) is 2. The first-order chi connectivity index (χ1) is 13.9. The Morgan fingerprint density at radius 3 is 2.52 bits per heavy atom. The van der Waals surface area contributed by atoms with Crippen LogP contribution in [0.2, 0.25) is 0 Å². The maximum atomic E-state index is 13.8. The van der Waals surface area contributed by atoms with Crippen molar-refractivity contribution in [3.63, 3.8) is 0 Å². The molecular formula is C22H27N2O4P. The number of para-hydroxylation sites is 1. The van der Waals surface area contributed by atoms with E-state index in [4.69, 9.17) is 13.8 Å². The smallest absolute Gasteiger partial charge is 0.357 e. The van der Waals surface area contributed by atoms with E-state index in [1.54, 1.807) is 0 Å². The third-order valence-electron chi connectivity index (χ3n) is 4.97. The summed E-state index contributed by atoms with van der Waals surface area (Å²) in [6, 6.07) is 15.5. The monoisotopic (exact) mass is 414 g/mol. The van der Waals surface area contributed by atoms with Gasteiger partial charge >= 0.3 is 7.60 Å². The molecule has 0 aliphatic carbocycles. The molecule has 29 heavy (non-hydrogen) atoms. The normalized spacial score (nSPS) is 19.0. The molecule has 0 unspecified atom stereocenters. The Hall–Kier alpha value is -2.27. The highest BCUT2D eigenvalue weighted by Gasteiger charge is 2.44. The summed E-state index contributed by atoms with van der Waals surface area (Å²) in [5.41, 5.74) is 2.48. The number of hydrogen-bond acceptors (Lipinski definition) is 5. The van der Waals surface area contributed by atoms with E-state index in [2.05, 4.69) is 10.3 Å². The van der Waals surface area contributed by atoms with Crippen molar-refractivity contribution in [3.05, 3.63) is 60.3 Å². The van der Waals surface area contributed by atoms with Gasteiger partial charge in [-0.15, -0.1) is 0 Å². The zero-order valence-corrected chi connectivity index (χ0v) is 17.9. The first-order valence-corrected chi connectivity index (χ1v) is 11.5. The molecule has 0 bridgehead atoms. The lowest BCUT2D eigenvalue weighted by Gasteiger charge is -2.37. The van der Waals surface area contributed by atoms with E-state index in [1.165, 1.54) is 0 Å². The van der Waals surface area contributed by atoms with Crippen molar-refractivity contribution in [2.24, 2.45) is 5.41 Å². The van der Waals surface area contributed by atoms with Crippen molar-refractivity contribution in [1.82, 2.24) is 4.98 Å². The van der Waals surface area contributed by atoms with Gasteiger partial charge in [0, 0.05) is 33.8 Å². The zero-order chi connectivity index (χ0) is 20.5. The topological polar surface area (TPSA) is 72.6 Å². The van der Waals surface area contributed by atoms with E-state index in [0.29, 0.717) is 19.8 Å². The minimum Gasteiger partial charge on any atom is -0.494 e. The van der Waals surface area contributed by atoms with Crippen molar-refractivity contribution < 1.29 is 18.3 Å². The zero-order valence-electron chi connectivity index (χ0n) is 17.0. The van der Waals surface area contributed by atoms with Crippen LogP contribution in [-0.2, 0) is 13.6 Å². The number of rotatable bonds is 6. The first kappa shape index (κ1) is 20.0. The Balaban J connectivity index is 1.70. The molecule has 0 amide bonds. The van der Waals surface area contributed by atoms with Crippen molar-refractivity contribution in [3.8, 4) is 5.75 Å². The molecule has 1 aromatic heterocycles. The van der Waals surface area contributed by atoms with Gasteiger partial charge in [-0.2, -0.15) is 0 Å². The maximum absolute atomic E-state index is 13.8. The molecule has 1 aliphatic heterocycles. The number of nitrogens with one attached hydrogen (secondary N) is 2. The van der Waals surface area contributed by atoms with Gasteiger partial charge < -0.3 is 24.1 Å². The molecule has 1 atom stereocenters. The molecule has 2 aromatic carbocycles. The van der Waals surface area contributed by atoms with Crippen LogP contribution in [0.5, 0.6) is 5.75 Å². The van der Waals surface area contributed by atoms with Gasteiger partial charge in [-0.1, -0.05) is 32.0 Å². The molecule has 2 heterocycles. The highest BCUT2D eigenvalue weighted by atomic mass is 31.2. The van der Waals surface area contributed by atoms with Gasteiger partial charge in [-0.05, 0) is 37.3 Å². The van der Waals surface area contributed by atoms with Crippen LogP contribution in [0.3, 0.4) is 0 Å². The van der Waals surface area contributed by atoms with Gasteiger partial charge in [0.25, 0.3) is 0 Å². The van der Waals surface area contributed by atoms with Crippen molar-refractivity contribution in [1.29, 1.82) is 0 Å². The fourth-order valence-electron chi connectivity index (χ4n) is 3.38. The number of aromatic amines is 1. The number of ether oxygens (including phenoxy) is 1. The molecule has 154 valence electrons. The predicted molar refractivity (Wildman–Crippen MR) is 116 cm³/mol. The molecule has 0 radical (unpaired) electrons. The van der Waals surface area contributed by atoms with Gasteiger partial charge in [-0.25, -0.2) is 0 Å². The second-order valence-electron chi connectivity index (χ2n) is 8.04. The van der Waals surface area contributed by atoms with Crippen LogP contribution >= 0.6 is 7.60 Å². The van der Waals surface area contributed by atoms with Crippen LogP contribution < -0.4 is 10.1 Å². The highest BCUT2D eigenvalue weighted by Crippen LogP contribution is 2.64. The van der Waals surface area contributed by atoms with Gasteiger partial charge in [0.1, 0.15) is 5.75 Å². The van der Waals surface area contributed by atoms with Crippen LogP contribution in [0.15, 0.2) is 54.7 Å². The second kappa shape index (κ2) is 7.86. The molecule has 6 nitrogen and oxygen atoms in total. The number of H-pyrrole nitrogens is 1. The maximum Gasteiger partial charge on any atom is 0.357 e. The van der Waals surface area contributed by atoms with Gasteiger partial charge in [-0.3, -0.25) is 4.57 Å². The molecule has 1 fully saturated rings. The SMILES string of the molecule is CCOc1ccc(N[C@@H](c2c[nH]c3ccccc23)P2(=O)OCC(C)(C)CO2)cc1. The fourth-order valence-corrected chi connectivity index (χ4v) is 5.67. The number of benzene rings is 2. The predicted octanol–water partition coefficient (Wildman–Crippen LogP) is 5.94. The summed E-state index contributed by atoms with van der Waals surface area (Å²) in [6.07, 6.45) is 1.88. The lowest BCUT2D eigenvalue weighted by atomic mass is 9.97. The molecule has 0 saturated carbocycles. The summed E-state index contributed by atoms with van der Waals surface area (Å²) in [7, 11) is -3.45. The standard InChI is InChI=1S/C22H27N2O4P/c1-4-26-17-11-9-16(10-12-17)24-21(29(25)27-14-22(2,3)15-28-29)19-13-23-20-8-6-5-7-18(19)20/h5-13,21,23-24H,4,14-15H2,1-3H3/t21-/m1/s1. The molecule has 7 heteroatoms. The summed E-state index contributed by atoms with van der Waals surface area (Å²) in [5.74, 6) is 0.160. The Kier molecular flexibility index (Phi) is 5.43. The second-order valence-corrected chi connectivity index (χ2v) is 10.2. The van der Waals surface area contributed by atoms with E-state index >= 15 is 0 Å². The van der Waals surface area contributed by atoms with E-state index in [0.717, 1.165) is 27.9 Å². The van der Waals surface area contributed by atoms with E-state index in [1.807, 2.05) is 75.5 Å². The van der Waals surface area contributed by atoms with E-state index < -0.39 is 13.4 Å². The summed E-state index contributed by atoms with van der Waals surface area (Å²) in [4.78, 5) is 3.26. The first-order valence-electron chi connectivity index (χ1n) is 9.84. The molecule has 1 aliphatic rings. The van der Waals surface area contributed by atoms with Crippen molar-refractivity contribution in [2.45, 2.75) is 26.6 Å². The van der Waals surface area contributed by atoms with Gasteiger partial charge in [0.2, 0.25) is 0 Å². The average Bonchev–Trinajstić information content (AvgIpc) is 3.14. The molecule has 2 N–H and O–H groups in total. The molecule has 4 rings (SSSR count). The van der Waals surface area contributed by atoms with Crippen molar-refractivity contribution in [2.75, 3.05) is 25.1 Å². The van der Waals surface area contributed by atoms with Crippen LogP contribution in [-0.4, -0.2) is 24.8 Å². The molecule has 3 aromatic rings. The Bertz CT molecular complexity index is 1010. The minimum absolute atomic E-state index is 0.169. The van der Waals surface area contributed by atoms with E-state index in [-0.39, 0.29) is 5.41 Å². The quantitative estimate of drug-likeness (QED) is 0.488. The van der Waals surface area contributed by atoms with Crippen LogP contribution in [0, 0.1) is 5.41 Å². The summed E-state index contributed by atoms with van der Waals surface area (Å²) in [5, 5.41) is 4.38. The van der Waals surface area contributed by atoms with E-state index in [9.17, 15) is 4.57 Å². The number of aromatic nitrogens is 1. The van der Waals surface area contributed by atoms with Crippen LogP contribution in [0.1, 0.15) is 32.1 Å². The summed E-state index contributed by atoms with van der Waals surface area (Å²) >= 11 is 0. The Morgan fingerprint density at radius 2 is 1.83 bits per heavy atom. The lowest BCUT2D eigenvalue weighted by Crippen LogP contribution is -2.31. The fraction of sp³-hybridized carbons (Fsp3) is 0.364. The van der Waals surface area contributed by atoms with Crippen LogP contribution in [0.25, 0.3) is 10.9 Å². The van der Waals surface area contributed by atoms with Crippen LogP contribution in [0.4, 0.5) is 5.69 Å². The molecular weight excluding hydrogens is 387 g/mol. The Labute approximate surface area is 171 Å². The number of anilines is 1. The molecule has 1 saturated heterocycles. The largest absolute Gasteiger partial charge is 0.494 e. The van der Waals surface area contributed by atoms with Gasteiger partial charge in [0.05, 0.1) is 19.8 Å². The van der Waals surface area contributed by atoms with Crippen molar-refractivity contribution >= 4 is 24.2 Å². The highest BCUT2D eigenvalue weighted by molar-refractivity contribution is 7.54. The molecule has 0 spiro atoms. The lowest BCUT2D eigenvalue weighted by molar-refractivity contribution is 0.0388. The number of fused-ring (bicyclic) bond motifs is 1. The minimum atomic E-state index is -3.45. The summed E-state index contributed by atoms with van der Waals surface area (Å²) in [6.45, 7) is 7.40. The summed E-state index contributed by atoms with van der Waals surface area (Å²) < 4.78 is 31.1.